The number of carbonyl (C=O) groups excluding carboxylic acids is 1. The molecule has 1 amide bonds. The summed E-state index contributed by atoms with van der Waals surface area (Å²) in [5, 5.41) is 23.9. The Bertz CT molecular complexity index is 1140. The summed E-state index contributed by atoms with van der Waals surface area (Å²) in [5.41, 5.74) is 0.256. The van der Waals surface area contributed by atoms with Crippen molar-refractivity contribution in [3.63, 3.8) is 0 Å². The lowest BCUT2D eigenvalue weighted by molar-refractivity contribution is 0.0472. The van der Waals surface area contributed by atoms with Crippen LogP contribution < -0.4 is 5.32 Å². The fourth-order valence-corrected chi connectivity index (χ4v) is 5.46. The first-order chi connectivity index (χ1) is 16.6. The molecule has 1 aromatic carbocycles. The molecule has 6 nitrogen and oxygen atoms in total. The molecule has 7 heteroatoms. The summed E-state index contributed by atoms with van der Waals surface area (Å²) >= 11 is 0. The predicted molar refractivity (Wildman–Crippen MR) is 131 cm³/mol. The number of amides is 1. The first-order valence-corrected chi connectivity index (χ1v) is 12.1. The van der Waals surface area contributed by atoms with E-state index in [1.165, 1.54) is 12.1 Å². The summed E-state index contributed by atoms with van der Waals surface area (Å²) in [5.74, 6) is -0.329. The van der Waals surface area contributed by atoms with Crippen LogP contribution in [0.1, 0.15) is 52.1 Å². The summed E-state index contributed by atoms with van der Waals surface area (Å²) in [6.45, 7) is 5.48. The number of nitrogens with zero attached hydrogens (tertiary/aromatic N) is 2. The summed E-state index contributed by atoms with van der Waals surface area (Å²) in [6.07, 6.45) is 7.66. The molecule has 0 bridgehead atoms. The average molecular weight is 478 g/mol. The van der Waals surface area contributed by atoms with Gasteiger partial charge in [-0.2, -0.15) is 5.26 Å². The highest BCUT2D eigenvalue weighted by Gasteiger charge is 2.53. The Morgan fingerprint density at radius 3 is 2.74 bits per heavy atom. The van der Waals surface area contributed by atoms with Gasteiger partial charge in [-0.1, -0.05) is 24.3 Å². The molecule has 0 radical (unpaired) electrons. The number of ether oxygens (including phenoxy) is 1. The van der Waals surface area contributed by atoms with Gasteiger partial charge in [0, 0.05) is 23.7 Å². The van der Waals surface area contributed by atoms with E-state index >= 15 is 0 Å². The normalized spacial score (nSPS) is 28.3. The number of nitriles is 1. The minimum Gasteiger partial charge on any atom is -0.444 e. The highest BCUT2D eigenvalue weighted by atomic mass is 19.1. The van der Waals surface area contributed by atoms with Crippen LogP contribution in [0, 0.1) is 34.9 Å². The maximum atomic E-state index is 13.5. The molecule has 0 spiro atoms. The summed E-state index contributed by atoms with van der Waals surface area (Å²) in [7, 11) is 0. The molecule has 1 heterocycles. The van der Waals surface area contributed by atoms with Crippen molar-refractivity contribution >= 4 is 12.2 Å². The zero-order valence-corrected chi connectivity index (χ0v) is 20.4. The Kier molecular flexibility index (Phi) is 6.95. The maximum Gasteiger partial charge on any atom is 0.407 e. The standard InChI is InChI=1S/C28H32FN3O3/c1-27(2,3)35-26(33)32-23-9-11-24-20(14-23)15-28(34,17-30)25(24)12-10-22-8-7-19(16-31-22)18-5-4-6-21(29)13-18/h4-8,10,12-13,16,20,23-25,34H,9,11,14-15H2,1-3H3,(H,32,33)/b12-10+/t20-,23?,24+,25-,28-/m0/s1. The predicted octanol–water partition coefficient (Wildman–Crippen LogP) is 5.49. The topological polar surface area (TPSA) is 95.2 Å². The smallest absolute Gasteiger partial charge is 0.407 e. The van der Waals surface area contributed by atoms with Gasteiger partial charge in [0.25, 0.3) is 0 Å². The first-order valence-electron chi connectivity index (χ1n) is 12.1. The molecule has 2 aromatic rings. The number of rotatable bonds is 4. The van der Waals surface area contributed by atoms with Crippen LogP contribution in [-0.4, -0.2) is 33.4 Å². The van der Waals surface area contributed by atoms with Crippen molar-refractivity contribution < 1.29 is 19.0 Å². The minimum absolute atomic E-state index is 0.0335. The third-order valence-electron chi connectivity index (χ3n) is 6.96. The summed E-state index contributed by atoms with van der Waals surface area (Å²) in [6, 6.07) is 12.2. The van der Waals surface area contributed by atoms with E-state index in [9.17, 15) is 19.6 Å². The van der Waals surface area contributed by atoms with Crippen LogP contribution >= 0.6 is 0 Å². The van der Waals surface area contributed by atoms with E-state index in [2.05, 4.69) is 16.4 Å². The van der Waals surface area contributed by atoms with E-state index in [4.69, 9.17) is 4.74 Å². The average Bonchev–Trinajstić information content (AvgIpc) is 3.07. The van der Waals surface area contributed by atoms with Crippen LogP contribution in [0.4, 0.5) is 9.18 Å². The Morgan fingerprint density at radius 1 is 1.29 bits per heavy atom. The number of halogens is 1. The van der Waals surface area contributed by atoms with Crippen LogP contribution in [0.2, 0.25) is 0 Å². The van der Waals surface area contributed by atoms with E-state index in [-0.39, 0.29) is 29.6 Å². The minimum atomic E-state index is -1.45. The number of aromatic nitrogens is 1. The van der Waals surface area contributed by atoms with Gasteiger partial charge in [-0.3, -0.25) is 4.98 Å². The Balaban J connectivity index is 1.43. The zero-order chi connectivity index (χ0) is 25.2. The van der Waals surface area contributed by atoms with E-state index in [1.807, 2.05) is 51.1 Å². The number of hydrogen-bond acceptors (Lipinski definition) is 5. The maximum absolute atomic E-state index is 13.5. The Hall–Kier alpha value is -3.24. The van der Waals surface area contributed by atoms with Gasteiger partial charge < -0.3 is 15.2 Å². The first kappa shape index (κ1) is 24.9. The monoisotopic (exact) mass is 477 g/mol. The highest BCUT2D eigenvalue weighted by Crippen LogP contribution is 2.51. The van der Waals surface area contributed by atoms with Gasteiger partial charge in [0.1, 0.15) is 11.4 Å². The van der Waals surface area contributed by atoms with Crippen LogP contribution in [0.25, 0.3) is 17.2 Å². The number of fused-ring (bicyclic) bond motifs is 1. The van der Waals surface area contributed by atoms with E-state index in [0.717, 1.165) is 24.0 Å². The van der Waals surface area contributed by atoms with E-state index < -0.39 is 17.3 Å². The van der Waals surface area contributed by atoms with Gasteiger partial charge in [-0.05, 0) is 88.1 Å². The van der Waals surface area contributed by atoms with Crippen LogP contribution in [0.5, 0.6) is 0 Å². The van der Waals surface area contributed by atoms with E-state index in [0.29, 0.717) is 18.5 Å². The van der Waals surface area contributed by atoms with Gasteiger partial charge in [0.05, 0.1) is 11.8 Å². The lowest BCUT2D eigenvalue weighted by Gasteiger charge is -2.34. The van der Waals surface area contributed by atoms with Crippen LogP contribution in [0.15, 0.2) is 48.7 Å². The second-order valence-electron chi connectivity index (χ2n) is 10.7. The van der Waals surface area contributed by atoms with Crippen molar-refractivity contribution in [1.29, 1.82) is 5.26 Å². The fraction of sp³-hybridized carbons (Fsp3) is 0.464. The zero-order valence-electron chi connectivity index (χ0n) is 20.4. The van der Waals surface area contributed by atoms with Crippen molar-refractivity contribution in [1.82, 2.24) is 10.3 Å². The van der Waals surface area contributed by atoms with Gasteiger partial charge in [0.2, 0.25) is 0 Å². The molecular formula is C28H32FN3O3. The van der Waals surface area contributed by atoms with Crippen LogP contribution in [0.3, 0.4) is 0 Å². The number of carbonyl (C=O) groups is 1. The molecule has 4 rings (SSSR count). The molecule has 2 aliphatic carbocycles. The lowest BCUT2D eigenvalue weighted by Crippen LogP contribution is -2.43. The SMILES string of the molecule is CC(C)(C)OC(=O)NC1CC[C@@H]2[C@@H](C1)C[C@](O)(C#N)[C@H]2/C=C/c1ccc(-c2cccc(F)c2)cn1. The van der Waals surface area contributed by atoms with Gasteiger partial charge >= 0.3 is 6.09 Å². The van der Waals surface area contributed by atoms with Crippen molar-refractivity contribution in [2.75, 3.05) is 0 Å². The molecule has 2 aliphatic rings. The Morgan fingerprint density at radius 2 is 2.09 bits per heavy atom. The van der Waals surface area contributed by atoms with Crippen molar-refractivity contribution in [2.24, 2.45) is 17.8 Å². The van der Waals surface area contributed by atoms with Crippen LogP contribution in [-0.2, 0) is 4.74 Å². The van der Waals surface area contributed by atoms with Crippen molar-refractivity contribution in [2.45, 2.75) is 63.7 Å². The van der Waals surface area contributed by atoms with Gasteiger partial charge in [-0.15, -0.1) is 0 Å². The molecule has 2 saturated carbocycles. The fourth-order valence-electron chi connectivity index (χ4n) is 5.46. The molecule has 184 valence electrons. The van der Waals surface area contributed by atoms with Gasteiger partial charge in [0.15, 0.2) is 5.60 Å². The molecule has 5 atom stereocenters. The second-order valence-corrected chi connectivity index (χ2v) is 10.7. The number of aliphatic hydroxyl groups is 1. The molecule has 0 saturated heterocycles. The summed E-state index contributed by atoms with van der Waals surface area (Å²) in [4.78, 5) is 16.6. The molecular weight excluding hydrogens is 445 g/mol. The number of benzene rings is 1. The van der Waals surface area contributed by atoms with Crippen molar-refractivity contribution in [3.8, 4) is 17.2 Å². The molecule has 1 unspecified atom stereocenters. The number of hydrogen-bond donors (Lipinski definition) is 2. The Labute approximate surface area is 205 Å². The molecule has 35 heavy (non-hydrogen) atoms. The lowest BCUT2D eigenvalue weighted by atomic mass is 9.75. The largest absolute Gasteiger partial charge is 0.444 e. The summed E-state index contributed by atoms with van der Waals surface area (Å²) < 4.78 is 18.9. The number of alkyl carbamates (subject to hydrolysis) is 1. The molecule has 1 aromatic heterocycles. The molecule has 0 aliphatic heterocycles. The van der Waals surface area contributed by atoms with E-state index in [1.54, 1.807) is 12.3 Å². The number of pyridine rings is 1. The third kappa shape index (κ3) is 5.88. The second kappa shape index (κ2) is 9.79. The highest BCUT2D eigenvalue weighted by molar-refractivity contribution is 5.68. The quantitative estimate of drug-likeness (QED) is 0.568. The molecule has 2 N–H and O–H groups in total. The van der Waals surface area contributed by atoms with Crippen molar-refractivity contribution in [3.05, 3.63) is 60.2 Å². The molecule has 2 fully saturated rings. The number of nitrogens with one attached hydrogen (secondary N) is 1. The van der Waals surface area contributed by atoms with Gasteiger partial charge in [-0.25, -0.2) is 9.18 Å². The third-order valence-corrected chi connectivity index (χ3v) is 6.96.